The smallest absolute Gasteiger partial charge is 0.176 e. The molecule has 3 rings (SSSR count). The minimum atomic E-state index is -0.506. The largest absolute Gasteiger partial charge is 0.375 e. The topological polar surface area (TPSA) is 55.1 Å². The summed E-state index contributed by atoms with van der Waals surface area (Å²) in [5.74, 6) is 0.0830. The normalized spacial score (nSPS) is 21.1. The standard InChI is InChI=1S/C17H18N2O/c18-16-13-8-4-5-9-14(13)19-15(17(16)20)11-10-12-6-2-1-3-7-12/h1-9,15-16,19H,10-11,18H2. The lowest BCUT2D eigenvalue weighted by atomic mass is 9.89. The van der Waals surface area contributed by atoms with Gasteiger partial charge < -0.3 is 11.1 Å². The number of nitrogens with one attached hydrogen (secondary N) is 1. The Morgan fingerprint density at radius 1 is 1.00 bits per heavy atom. The van der Waals surface area contributed by atoms with Gasteiger partial charge in [0.2, 0.25) is 0 Å². The van der Waals surface area contributed by atoms with E-state index in [2.05, 4.69) is 17.4 Å². The number of carbonyl (C=O) groups excluding carboxylic acids is 1. The summed E-state index contributed by atoms with van der Waals surface area (Å²) >= 11 is 0. The Morgan fingerprint density at radius 2 is 1.70 bits per heavy atom. The number of ketones is 1. The molecule has 0 amide bonds. The number of Topliss-reactive ketones (excluding diaryl/α,β-unsaturated/α-hetero) is 1. The van der Waals surface area contributed by atoms with Crippen molar-refractivity contribution < 1.29 is 4.79 Å². The van der Waals surface area contributed by atoms with E-state index in [4.69, 9.17) is 5.73 Å². The molecule has 0 aromatic heterocycles. The van der Waals surface area contributed by atoms with Crippen LogP contribution in [0.3, 0.4) is 0 Å². The maximum absolute atomic E-state index is 12.3. The van der Waals surface area contributed by atoms with Gasteiger partial charge in [0.15, 0.2) is 5.78 Å². The molecule has 0 saturated carbocycles. The van der Waals surface area contributed by atoms with Crippen molar-refractivity contribution in [3.63, 3.8) is 0 Å². The lowest BCUT2D eigenvalue weighted by molar-refractivity contribution is -0.121. The number of fused-ring (bicyclic) bond motifs is 1. The van der Waals surface area contributed by atoms with Gasteiger partial charge in [0.25, 0.3) is 0 Å². The van der Waals surface area contributed by atoms with Crippen LogP contribution in [0.25, 0.3) is 0 Å². The Balaban J connectivity index is 1.74. The van der Waals surface area contributed by atoms with Crippen LogP contribution in [-0.4, -0.2) is 11.8 Å². The molecule has 0 spiro atoms. The summed E-state index contributed by atoms with van der Waals surface area (Å²) in [5, 5.41) is 3.32. The number of hydrogen-bond acceptors (Lipinski definition) is 3. The second-order valence-corrected chi connectivity index (χ2v) is 5.19. The van der Waals surface area contributed by atoms with Crippen LogP contribution in [-0.2, 0) is 11.2 Å². The number of hydrogen-bond donors (Lipinski definition) is 2. The first kappa shape index (κ1) is 12.9. The van der Waals surface area contributed by atoms with Gasteiger partial charge in [-0.05, 0) is 30.0 Å². The van der Waals surface area contributed by atoms with E-state index >= 15 is 0 Å². The molecule has 1 aliphatic heterocycles. The van der Waals surface area contributed by atoms with E-state index in [9.17, 15) is 4.79 Å². The minimum absolute atomic E-state index is 0.0830. The highest BCUT2D eigenvalue weighted by atomic mass is 16.1. The van der Waals surface area contributed by atoms with E-state index < -0.39 is 6.04 Å². The molecule has 3 N–H and O–H groups in total. The van der Waals surface area contributed by atoms with E-state index in [1.165, 1.54) is 5.56 Å². The van der Waals surface area contributed by atoms with Crippen LogP contribution < -0.4 is 11.1 Å². The third-order valence-corrected chi connectivity index (χ3v) is 3.84. The molecule has 0 aliphatic carbocycles. The summed E-state index contributed by atoms with van der Waals surface area (Å²) in [6, 6.07) is 17.3. The number of anilines is 1. The zero-order valence-electron chi connectivity index (χ0n) is 11.3. The molecule has 0 bridgehead atoms. The molecule has 20 heavy (non-hydrogen) atoms. The fourth-order valence-corrected chi connectivity index (χ4v) is 2.70. The molecule has 2 atom stereocenters. The lowest BCUT2D eigenvalue weighted by Crippen LogP contribution is -2.42. The van der Waals surface area contributed by atoms with Crippen LogP contribution >= 0.6 is 0 Å². The Labute approximate surface area is 118 Å². The van der Waals surface area contributed by atoms with Crippen LogP contribution in [0.5, 0.6) is 0 Å². The minimum Gasteiger partial charge on any atom is -0.375 e. The van der Waals surface area contributed by atoms with Crippen molar-refractivity contribution in [3.05, 3.63) is 65.7 Å². The van der Waals surface area contributed by atoms with Crippen LogP contribution in [0, 0.1) is 0 Å². The first-order chi connectivity index (χ1) is 9.75. The van der Waals surface area contributed by atoms with Gasteiger partial charge in [0.05, 0.1) is 12.1 Å². The van der Waals surface area contributed by atoms with Gasteiger partial charge in [0.1, 0.15) is 0 Å². The zero-order valence-corrected chi connectivity index (χ0v) is 11.3. The number of rotatable bonds is 3. The summed E-state index contributed by atoms with van der Waals surface area (Å²) in [4.78, 5) is 12.3. The zero-order chi connectivity index (χ0) is 13.9. The van der Waals surface area contributed by atoms with E-state index in [1.54, 1.807) is 0 Å². The summed E-state index contributed by atoms with van der Waals surface area (Å²) in [6.07, 6.45) is 1.64. The van der Waals surface area contributed by atoms with Crippen molar-refractivity contribution in [3.8, 4) is 0 Å². The van der Waals surface area contributed by atoms with Crippen LogP contribution in [0.2, 0.25) is 0 Å². The highest BCUT2D eigenvalue weighted by Crippen LogP contribution is 2.29. The Hall–Kier alpha value is -2.13. The highest BCUT2D eigenvalue weighted by molar-refractivity contribution is 5.96. The Bertz CT molecular complexity index is 609. The molecule has 102 valence electrons. The first-order valence-corrected chi connectivity index (χ1v) is 6.94. The third kappa shape index (κ3) is 2.45. The molecular formula is C17H18N2O. The van der Waals surface area contributed by atoms with Crippen LogP contribution in [0.1, 0.15) is 23.6 Å². The van der Waals surface area contributed by atoms with Gasteiger partial charge >= 0.3 is 0 Å². The molecule has 2 unspecified atom stereocenters. The van der Waals surface area contributed by atoms with Gasteiger partial charge in [-0.3, -0.25) is 4.79 Å². The van der Waals surface area contributed by atoms with Crippen molar-refractivity contribution >= 4 is 11.5 Å². The average molecular weight is 266 g/mol. The van der Waals surface area contributed by atoms with Gasteiger partial charge in [-0.25, -0.2) is 0 Å². The Morgan fingerprint density at radius 3 is 2.50 bits per heavy atom. The number of aryl methyl sites for hydroxylation is 1. The van der Waals surface area contributed by atoms with Gasteiger partial charge in [-0.2, -0.15) is 0 Å². The van der Waals surface area contributed by atoms with Crippen LogP contribution in [0.15, 0.2) is 54.6 Å². The summed E-state index contributed by atoms with van der Waals surface area (Å²) < 4.78 is 0. The molecule has 1 aliphatic rings. The third-order valence-electron chi connectivity index (χ3n) is 3.84. The number of nitrogens with two attached hydrogens (primary N) is 1. The van der Waals surface area contributed by atoms with E-state index in [-0.39, 0.29) is 11.8 Å². The SMILES string of the molecule is NC1C(=O)C(CCc2ccccc2)Nc2ccccc21. The summed E-state index contributed by atoms with van der Waals surface area (Å²) in [5.41, 5.74) is 9.19. The van der Waals surface area contributed by atoms with Gasteiger partial charge in [-0.1, -0.05) is 48.5 Å². The van der Waals surface area contributed by atoms with E-state index in [0.717, 1.165) is 24.1 Å². The second-order valence-electron chi connectivity index (χ2n) is 5.19. The number of carbonyl (C=O) groups is 1. The summed E-state index contributed by atoms with van der Waals surface area (Å²) in [7, 11) is 0. The maximum atomic E-state index is 12.3. The molecule has 3 heteroatoms. The van der Waals surface area contributed by atoms with Crippen molar-refractivity contribution in [2.24, 2.45) is 5.73 Å². The van der Waals surface area contributed by atoms with E-state index in [1.807, 2.05) is 42.5 Å². The quantitative estimate of drug-likeness (QED) is 0.898. The molecule has 2 aromatic rings. The predicted octanol–water partition coefficient (Wildman–Crippen LogP) is 2.68. The van der Waals surface area contributed by atoms with Crippen molar-refractivity contribution in [1.82, 2.24) is 0 Å². The number of para-hydroxylation sites is 1. The summed E-state index contributed by atoms with van der Waals surface area (Å²) in [6.45, 7) is 0. The molecule has 0 radical (unpaired) electrons. The Kier molecular flexibility index (Phi) is 3.52. The number of benzene rings is 2. The van der Waals surface area contributed by atoms with Crippen molar-refractivity contribution in [2.45, 2.75) is 24.9 Å². The fraction of sp³-hybridized carbons (Fsp3) is 0.235. The molecule has 1 heterocycles. The average Bonchev–Trinajstić information content (AvgIpc) is 2.50. The molecule has 0 saturated heterocycles. The maximum Gasteiger partial charge on any atom is 0.176 e. The van der Waals surface area contributed by atoms with E-state index in [0.29, 0.717) is 0 Å². The lowest BCUT2D eigenvalue weighted by Gasteiger charge is -2.30. The van der Waals surface area contributed by atoms with Crippen molar-refractivity contribution in [1.29, 1.82) is 0 Å². The molecular weight excluding hydrogens is 248 g/mol. The highest BCUT2D eigenvalue weighted by Gasteiger charge is 2.31. The first-order valence-electron chi connectivity index (χ1n) is 6.94. The fourth-order valence-electron chi connectivity index (χ4n) is 2.70. The second kappa shape index (κ2) is 5.47. The molecule has 3 nitrogen and oxygen atoms in total. The van der Waals surface area contributed by atoms with Gasteiger partial charge in [0, 0.05) is 5.69 Å². The van der Waals surface area contributed by atoms with Gasteiger partial charge in [-0.15, -0.1) is 0 Å². The monoisotopic (exact) mass is 266 g/mol. The molecule has 2 aromatic carbocycles. The van der Waals surface area contributed by atoms with Crippen LogP contribution in [0.4, 0.5) is 5.69 Å². The molecule has 0 fully saturated rings. The predicted molar refractivity (Wildman–Crippen MR) is 80.6 cm³/mol. The van der Waals surface area contributed by atoms with Crippen molar-refractivity contribution in [2.75, 3.05) is 5.32 Å².